The molecule has 0 saturated heterocycles. The Kier molecular flexibility index (Phi) is 8.51. The molecule has 0 bridgehead atoms. The van der Waals surface area contributed by atoms with Crippen molar-refractivity contribution in [2.45, 2.75) is 52.0 Å². The maximum atomic E-state index is 10.7. The van der Waals surface area contributed by atoms with Crippen LogP contribution in [0.5, 0.6) is 5.75 Å². The van der Waals surface area contributed by atoms with Gasteiger partial charge in [0.1, 0.15) is 12.4 Å². The minimum absolute atomic E-state index is 0.279. The zero-order valence-corrected chi connectivity index (χ0v) is 13.1. The van der Waals surface area contributed by atoms with E-state index >= 15 is 0 Å². The van der Waals surface area contributed by atoms with Crippen molar-refractivity contribution >= 4 is 5.97 Å². The van der Waals surface area contributed by atoms with Gasteiger partial charge >= 0.3 is 5.97 Å². The third kappa shape index (κ3) is 7.71. The average Bonchev–Trinajstić information content (AvgIpc) is 2.48. The Hall–Kier alpha value is -1.55. The van der Waals surface area contributed by atoms with Gasteiger partial charge < -0.3 is 15.2 Å². The topological polar surface area (TPSA) is 58.6 Å². The lowest BCUT2D eigenvalue weighted by Crippen LogP contribution is -2.30. The third-order valence-corrected chi connectivity index (χ3v) is 3.46. The highest BCUT2D eigenvalue weighted by Gasteiger charge is 2.03. The number of rotatable bonds is 11. The first kappa shape index (κ1) is 17.5. The molecular formula is C17H27NO3. The van der Waals surface area contributed by atoms with Crippen LogP contribution in [0.1, 0.15) is 56.3 Å². The van der Waals surface area contributed by atoms with Gasteiger partial charge in [-0.1, -0.05) is 32.6 Å². The summed E-state index contributed by atoms with van der Waals surface area (Å²) in [5, 5.41) is 12.2. The molecule has 4 nitrogen and oxygen atoms in total. The van der Waals surface area contributed by atoms with Crippen LogP contribution in [0.2, 0.25) is 0 Å². The van der Waals surface area contributed by atoms with E-state index in [9.17, 15) is 4.79 Å². The van der Waals surface area contributed by atoms with E-state index in [4.69, 9.17) is 9.84 Å². The summed E-state index contributed by atoms with van der Waals surface area (Å²) < 4.78 is 5.58. The molecule has 0 amide bonds. The van der Waals surface area contributed by atoms with E-state index in [1.54, 1.807) is 24.3 Å². The molecule has 1 rings (SSSR count). The van der Waals surface area contributed by atoms with Crippen LogP contribution in [0.3, 0.4) is 0 Å². The van der Waals surface area contributed by atoms with Crippen LogP contribution in [0.25, 0.3) is 0 Å². The lowest BCUT2D eigenvalue weighted by Gasteiger charge is -2.14. The predicted molar refractivity (Wildman–Crippen MR) is 85.1 cm³/mol. The molecular weight excluding hydrogens is 266 g/mol. The van der Waals surface area contributed by atoms with Crippen LogP contribution in [-0.4, -0.2) is 30.3 Å². The molecule has 1 unspecified atom stereocenters. The van der Waals surface area contributed by atoms with Crippen LogP contribution >= 0.6 is 0 Å². The Labute approximate surface area is 127 Å². The standard InChI is InChI=1S/C17H27NO3/c1-3-4-5-6-7-14(2)18-12-13-21-16-10-8-15(9-11-16)17(19)20/h8-11,14,18H,3-7,12-13H2,1-2H3,(H,19,20). The molecule has 21 heavy (non-hydrogen) atoms. The van der Waals surface area contributed by atoms with Gasteiger partial charge in [-0.25, -0.2) is 4.79 Å². The predicted octanol–water partition coefficient (Wildman–Crippen LogP) is 3.71. The summed E-state index contributed by atoms with van der Waals surface area (Å²) in [5.74, 6) is -0.211. The van der Waals surface area contributed by atoms with Gasteiger partial charge in [-0.3, -0.25) is 0 Å². The minimum Gasteiger partial charge on any atom is -0.492 e. The van der Waals surface area contributed by atoms with Gasteiger partial charge in [0.2, 0.25) is 0 Å². The van der Waals surface area contributed by atoms with Crippen molar-refractivity contribution < 1.29 is 14.6 Å². The number of nitrogens with one attached hydrogen (secondary N) is 1. The highest BCUT2D eigenvalue weighted by atomic mass is 16.5. The Morgan fingerprint density at radius 2 is 1.95 bits per heavy atom. The molecule has 118 valence electrons. The second kappa shape index (κ2) is 10.2. The van der Waals surface area contributed by atoms with E-state index in [-0.39, 0.29) is 5.56 Å². The fraction of sp³-hybridized carbons (Fsp3) is 0.588. The molecule has 0 spiro atoms. The maximum absolute atomic E-state index is 10.7. The minimum atomic E-state index is -0.917. The van der Waals surface area contributed by atoms with Crippen LogP contribution in [0.15, 0.2) is 24.3 Å². The van der Waals surface area contributed by atoms with Gasteiger partial charge in [0.25, 0.3) is 0 Å². The van der Waals surface area contributed by atoms with E-state index < -0.39 is 5.97 Å². The summed E-state index contributed by atoms with van der Waals surface area (Å²) >= 11 is 0. The Morgan fingerprint density at radius 1 is 1.24 bits per heavy atom. The summed E-state index contributed by atoms with van der Waals surface area (Å²) in [6.07, 6.45) is 6.39. The quantitative estimate of drug-likeness (QED) is 0.611. The van der Waals surface area contributed by atoms with Gasteiger partial charge in [-0.15, -0.1) is 0 Å². The van der Waals surface area contributed by atoms with E-state index in [2.05, 4.69) is 19.2 Å². The monoisotopic (exact) mass is 293 g/mol. The van der Waals surface area contributed by atoms with Crippen molar-refractivity contribution in [3.63, 3.8) is 0 Å². The zero-order valence-electron chi connectivity index (χ0n) is 13.1. The van der Waals surface area contributed by atoms with Crippen molar-refractivity contribution in [2.24, 2.45) is 0 Å². The molecule has 2 N–H and O–H groups in total. The second-order valence-electron chi connectivity index (χ2n) is 5.38. The van der Waals surface area contributed by atoms with Gasteiger partial charge in [-0.05, 0) is 37.6 Å². The SMILES string of the molecule is CCCCCCC(C)NCCOc1ccc(C(=O)O)cc1. The summed E-state index contributed by atoms with van der Waals surface area (Å²) in [6, 6.07) is 7.01. The zero-order chi connectivity index (χ0) is 15.5. The van der Waals surface area contributed by atoms with E-state index in [1.165, 1.54) is 32.1 Å². The second-order valence-corrected chi connectivity index (χ2v) is 5.38. The molecule has 0 saturated carbocycles. The number of benzene rings is 1. The lowest BCUT2D eigenvalue weighted by molar-refractivity contribution is 0.0697. The highest BCUT2D eigenvalue weighted by molar-refractivity contribution is 5.87. The molecule has 0 aromatic heterocycles. The fourth-order valence-electron chi connectivity index (χ4n) is 2.15. The number of carboxylic acids is 1. The van der Waals surface area contributed by atoms with Crippen molar-refractivity contribution in [2.75, 3.05) is 13.2 Å². The van der Waals surface area contributed by atoms with Crippen molar-refractivity contribution in [3.8, 4) is 5.75 Å². The third-order valence-electron chi connectivity index (χ3n) is 3.46. The van der Waals surface area contributed by atoms with Crippen LogP contribution in [0.4, 0.5) is 0 Å². The average molecular weight is 293 g/mol. The van der Waals surface area contributed by atoms with Crippen LogP contribution in [-0.2, 0) is 0 Å². The first-order chi connectivity index (χ1) is 10.1. The van der Waals surface area contributed by atoms with Crippen LogP contribution in [0, 0.1) is 0 Å². The van der Waals surface area contributed by atoms with Gasteiger partial charge in [-0.2, -0.15) is 0 Å². The number of hydrogen-bond donors (Lipinski definition) is 2. The first-order valence-corrected chi connectivity index (χ1v) is 7.83. The largest absolute Gasteiger partial charge is 0.492 e. The van der Waals surface area contributed by atoms with E-state index in [1.807, 2.05) is 0 Å². The fourth-order valence-corrected chi connectivity index (χ4v) is 2.15. The molecule has 0 radical (unpaired) electrons. The molecule has 0 fully saturated rings. The van der Waals surface area contributed by atoms with Gasteiger partial charge in [0.05, 0.1) is 5.56 Å². The summed E-state index contributed by atoms with van der Waals surface area (Å²) in [7, 11) is 0. The summed E-state index contributed by atoms with van der Waals surface area (Å²) in [5.41, 5.74) is 0.279. The number of carbonyl (C=O) groups is 1. The molecule has 1 aromatic rings. The van der Waals surface area contributed by atoms with Crippen molar-refractivity contribution in [3.05, 3.63) is 29.8 Å². The van der Waals surface area contributed by atoms with Crippen molar-refractivity contribution in [1.29, 1.82) is 0 Å². The molecule has 0 aliphatic carbocycles. The van der Waals surface area contributed by atoms with Crippen molar-refractivity contribution in [1.82, 2.24) is 5.32 Å². The van der Waals surface area contributed by atoms with Crippen LogP contribution < -0.4 is 10.1 Å². The molecule has 1 aromatic carbocycles. The molecule has 0 aliphatic rings. The normalized spacial score (nSPS) is 12.1. The molecule has 0 aliphatic heterocycles. The summed E-state index contributed by atoms with van der Waals surface area (Å²) in [6.45, 7) is 5.82. The maximum Gasteiger partial charge on any atom is 0.335 e. The Bertz CT molecular complexity index is 403. The highest BCUT2D eigenvalue weighted by Crippen LogP contribution is 2.12. The number of aromatic carboxylic acids is 1. The molecule has 4 heteroatoms. The Morgan fingerprint density at radius 3 is 2.57 bits per heavy atom. The molecule has 1 atom stereocenters. The van der Waals surface area contributed by atoms with Gasteiger partial charge in [0.15, 0.2) is 0 Å². The molecule has 0 heterocycles. The smallest absolute Gasteiger partial charge is 0.335 e. The number of ether oxygens (including phenoxy) is 1. The number of unbranched alkanes of at least 4 members (excludes halogenated alkanes) is 3. The number of hydrogen-bond acceptors (Lipinski definition) is 3. The Balaban J connectivity index is 2.11. The number of carboxylic acid groups (broad SMARTS) is 1. The lowest BCUT2D eigenvalue weighted by atomic mass is 10.1. The summed E-state index contributed by atoms with van der Waals surface area (Å²) in [4.78, 5) is 10.7. The van der Waals surface area contributed by atoms with E-state index in [0.29, 0.717) is 18.4 Å². The van der Waals surface area contributed by atoms with E-state index in [0.717, 1.165) is 6.54 Å². The van der Waals surface area contributed by atoms with Gasteiger partial charge in [0, 0.05) is 12.6 Å². The first-order valence-electron chi connectivity index (χ1n) is 7.83.